The summed E-state index contributed by atoms with van der Waals surface area (Å²) in [6, 6.07) is 6.33. The third-order valence-corrected chi connectivity index (χ3v) is 2.56. The van der Waals surface area contributed by atoms with Gasteiger partial charge < -0.3 is 5.73 Å². The number of nitrogens with zero attached hydrogens (tertiary/aromatic N) is 3. The molecule has 1 heterocycles. The van der Waals surface area contributed by atoms with Crippen molar-refractivity contribution in [2.75, 3.05) is 0 Å². The third-order valence-electron chi connectivity index (χ3n) is 2.56. The molecular formula is C13H12N4O3. The van der Waals surface area contributed by atoms with Crippen LogP contribution in [-0.4, -0.2) is 20.6 Å². The second-order valence-electron chi connectivity index (χ2n) is 4.04. The molecule has 20 heavy (non-hydrogen) atoms. The van der Waals surface area contributed by atoms with E-state index in [2.05, 4.69) is 5.10 Å². The van der Waals surface area contributed by atoms with Gasteiger partial charge in [-0.15, -0.1) is 0 Å². The van der Waals surface area contributed by atoms with Crippen molar-refractivity contribution < 1.29 is 9.72 Å². The largest absolute Gasteiger partial charge is 0.369 e. The average Bonchev–Trinajstić information content (AvgIpc) is 2.87. The van der Waals surface area contributed by atoms with E-state index in [4.69, 9.17) is 5.73 Å². The Balaban J connectivity index is 2.27. The number of hydrogen-bond acceptors (Lipinski definition) is 4. The molecule has 0 unspecified atom stereocenters. The highest BCUT2D eigenvalue weighted by atomic mass is 16.6. The van der Waals surface area contributed by atoms with Crippen molar-refractivity contribution in [2.24, 2.45) is 5.73 Å². The number of nitrogens with two attached hydrogens (primary N) is 1. The fraction of sp³-hybridized carbons (Fsp3) is 0.0769. The fourth-order valence-electron chi connectivity index (χ4n) is 1.68. The van der Waals surface area contributed by atoms with Gasteiger partial charge in [0, 0.05) is 24.2 Å². The van der Waals surface area contributed by atoms with Gasteiger partial charge in [0.15, 0.2) is 0 Å². The first kappa shape index (κ1) is 13.5. The van der Waals surface area contributed by atoms with Crippen molar-refractivity contribution in [3.63, 3.8) is 0 Å². The highest BCUT2D eigenvalue weighted by Gasteiger charge is 2.14. The van der Waals surface area contributed by atoms with E-state index < -0.39 is 10.8 Å². The summed E-state index contributed by atoms with van der Waals surface area (Å²) in [6.07, 6.45) is 6.62. The Morgan fingerprint density at radius 1 is 1.45 bits per heavy atom. The molecule has 102 valence electrons. The van der Waals surface area contributed by atoms with Gasteiger partial charge in [0.2, 0.25) is 5.91 Å². The maximum Gasteiger partial charge on any atom is 0.294 e. The normalized spacial score (nSPS) is 10.8. The van der Waals surface area contributed by atoms with Crippen LogP contribution in [0.3, 0.4) is 0 Å². The van der Waals surface area contributed by atoms with E-state index in [0.29, 0.717) is 5.69 Å². The van der Waals surface area contributed by atoms with E-state index in [-0.39, 0.29) is 12.1 Å². The van der Waals surface area contributed by atoms with Gasteiger partial charge in [0.25, 0.3) is 5.69 Å². The zero-order chi connectivity index (χ0) is 14.5. The molecule has 1 aromatic heterocycles. The summed E-state index contributed by atoms with van der Waals surface area (Å²) in [7, 11) is 0. The Kier molecular flexibility index (Phi) is 3.90. The highest BCUT2D eigenvalue weighted by molar-refractivity contribution is 5.76. The van der Waals surface area contributed by atoms with Crippen LogP contribution in [0.15, 0.2) is 42.7 Å². The molecule has 2 aromatic rings. The number of carbonyl (C=O) groups is 1. The van der Waals surface area contributed by atoms with Crippen molar-refractivity contribution in [2.45, 2.75) is 6.42 Å². The van der Waals surface area contributed by atoms with Gasteiger partial charge in [0.1, 0.15) is 5.69 Å². The molecule has 1 amide bonds. The Bertz CT molecular complexity index is 676. The monoisotopic (exact) mass is 272 g/mol. The Morgan fingerprint density at radius 3 is 2.90 bits per heavy atom. The fourth-order valence-corrected chi connectivity index (χ4v) is 1.68. The van der Waals surface area contributed by atoms with Crippen molar-refractivity contribution in [3.8, 4) is 5.69 Å². The number of rotatable bonds is 5. The topological polar surface area (TPSA) is 104 Å². The van der Waals surface area contributed by atoms with Crippen LogP contribution in [-0.2, 0) is 4.79 Å². The summed E-state index contributed by atoms with van der Waals surface area (Å²) in [5.41, 5.74) is 6.10. The van der Waals surface area contributed by atoms with Gasteiger partial charge in [-0.2, -0.15) is 5.10 Å². The number of nitro benzene ring substituents is 1. The molecule has 7 nitrogen and oxygen atoms in total. The minimum absolute atomic E-state index is 0.0248. The summed E-state index contributed by atoms with van der Waals surface area (Å²) in [6.45, 7) is 0. The lowest BCUT2D eigenvalue weighted by Crippen LogP contribution is -2.07. The SMILES string of the molecule is NC(=O)CC=Cc1cnn(-c2ccccc2[N+](=O)[O-])c1. The van der Waals surface area contributed by atoms with Crippen molar-refractivity contribution in [1.29, 1.82) is 0 Å². The van der Waals surface area contributed by atoms with Crippen molar-refractivity contribution >= 4 is 17.7 Å². The molecule has 0 aliphatic heterocycles. The van der Waals surface area contributed by atoms with Crippen LogP contribution >= 0.6 is 0 Å². The number of primary amides is 1. The molecule has 0 bridgehead atoms. The summed E-state index contributed by atoms with van der Waals surface area (Å²) in [4.78, 5) is 21.1. The predicted octanol–water partition coefficient (Wildman–Crippen LogP) is 1.67. The molecular weight excluding hydrogens is 260 g/mol. The smallest absolute Gasteiger partial charge is 0.294 e. The molecule has 2 N–H and O–H groups in total. The zero-order valence-electron chi connectivity index (χ0n) is 10.5. The number of para-hydroxylation sites is 2. The Labute approximate surface area is 114 Å². The van der Waals surface area contributed by atoms with Gasteiger partial charge in [-0.3, -0.25) is 14.9 Å². The maximum absolute atomic E-state index is 10.9. The second kappa shape index (κ2) is 5.79. The number of amides is 1. The molecule has 0 spiro atoms. The maximum atomic E-state index is 10.9. The molecule has 0 aliphatic carbocycles. The van der Waals surface area contributed by atoms with E-state index in [1.54, 1.807) is 42.7 Å². The first-order chi connectivity index (χ1) is 9.58. The quantitative estimate of drug-likeness (QED) is 0.660. The lowest BCUT2D eigenvalue weighted by Gasteiger charge is -2.01. The number of aromatic nitrogens is 2. The standard InChI is InChI=1S/C13H12N4O3/c14-13(18)7-3-4-10-8-15-16(9-10)11-5-1-2-6-12(11)17(19)20/h1-6,8-9H,7H2,(H2,14,18). The van der Waals surface area contributed by atoms with E-state index in [1.807, 2.05) is 0 Å². The van der Waals surface area contributed by atoms with Gasteiger partial charge in [0.05, 0.1) is 11.1 Å². The first-order valence-corrected chi connectivity index (χ1v) is 5.81. The van der Waals surface area contributed by atoms with Gasteiger partial charge in [-0.25, -0.2) is 4.68 Å². The van der Waals surface area contributed by atoms with Crippen molar-refractivity contribution in [1.82, 2.24) is 9.78 Å². The molecule has 7 heteroatoms. The summed E-state index contributed by atoms with van der Waals surface area (Å²) < 4.78 is 1.42. The van der Waals surface area contributed by atoms with E-state index in [9.17, 15) is 14.9 Å². The van der Waals surface area contributed by atoms with Crippen LogP contribution in [0.5, 0.6) is 0 Å². The molecule has 1 aromatic carbocycles. The molecule has 0 radical (unpaired) electrons. The van der Waals surface area contributed by atoms with Gasteiger partial charge in [-0.05, 0) is 6.07 Å². The first-order valence-electron chi connectivity index (χ1n) is 5.81. The molecule has 2 rings (SSSR count). The number of nitro groups is 1. The number of carbonyl (C=O) groups excluding carboxylic acids is 1. The van der Waals surface area contributed by atoms with E-state index in [1.165, 1.54) is 10.7 Å². The minimum Gasteiger partial charge on any atom is -0.369 e. The summed E-state index contributed by atoms with van der Waals surface area (Å²) >= 11 is 0. The van der Waals surface area contributed by atoms with Crippen LogP contribution in [0.4, 0.5) is 5.69 Å². The van der Waals surface area contributed by atoms with E-state index >= 15 is 0 Å². The number of benzene rings is 1. The van der Waals surface area contributed by atoms with Gasteiger partial charge >= 0.3 is 0 Å². The molecule has 0 aliphatic rings. The lowest BCUT2D eigenvalue weighted by molar-refractivity contribution is -0.384. The lowest BCUT2D eigenvalue weighted by atomic mass is 10.2. The molecule has 0 fully saturated rings. The van der Waals surface area contributed by atoms with Crippen LogP contribution in [0.1, 0.15) is 12.0 Å². The molecule has 0 atom stereocenters. The van der Waals surface area contributed by atoms with E-state index in [0.717, 1.165) is 5.56 Å². The Morgan fingerprint density at radius 2 is 2.20 bits per heavy atom. The minimum atomic E-state index is -0.459. The van der Waals surface area contributed by atoms with Crippen LogP contribution in [0.2, 0.25) is 0 Å². The molecule has 0 saturated carbocycles. The van der Waals surface area contributed by atoms with Crippen molar-refractivity contribution in [3.05, 3.63) is 58.4 Å². The predicted molar refractivity (Wildman–Crippen MR) is 73.1 cm³/mol. The van der Waals surface area contributed by atoms with Crippen LogP contribution < -0.4 is 5.73 Å². The highest BCUT2D eigenvalue weighted by Crippen LogP contribution is 2.21. The summed E-state index contributed by atoms with van der Waals surface area (Å²) in [5, 5.41) is 15.0. The molecule has 0 saturated heterocycles. The zero-order valence-corrected chi connectivity index (χ0v) is 10.5. The Hall–Kier alpha value is -2.96. The number of hydrogen-bond donors (Lipinski definition) is 1. The summed E-state index contributed by atoms with van der Waals surface area (Å²) in [5.74, 6) is -0.424. The van der Waals surface area contributed by atoms with Crippen LogP contribution in [0.25, 0.3) is 11.8 Å². The second-order valence-corrected chi connectivity index (χ2v) is 4.04. The van der Waals surface area contributed by atoms with Crippen LogP contribution in [0, 0.1) is 10.1 Å². The average molecular weight is 272 g/mol. The third kappa shape index (κ3) is 3.08. The van der Waals surface area contributed by atoms with Gasteiger partial charge in [-0.1, -0.05) is 24.3 Å².